The molecule has 0 spiro atoms. The molecular weight excluding hydrogens is 216 g/mol. The number of hydrogen-bond donors (Lipinski definition) is 0. The zero-order chi connectivity index (χ0) is 12.2. The van der Waals surface area contributed by atoms with Gasteiger partial charge in [-0.05, 0) is 12.0 Å². The molecule has 2 nitrogen and oxygen atoms in total. The average Bonchev–Trinajstić information content (AvgIpc) is 2.29. The highest BCUT2D eigenvalue weighted by Gasteiger charge is 2.40. The summed E-state index contributed by atoms with van der Waals surface area (Å²) in [7, 11) is -0.775. The molecule has 16 heavy (non-hydrogen) atoms. The summed E-state index contributed by atoms with van der Waals surface area (Å²) in [6, 6.07) is 2.83. The van der Waals surface area contributed by atoms with E-state index in [0.29, 0.717) is 6.61 Å². The van der Waals surface area contributed by atoms with Crippen LogP contribution in [0.25, 0.3) is 0 Å². The van der Waals surface area contributed by atoms with Gasteiger partial charge in [0.15, 0.2) is 0 Å². The largest absolute Gasteiger partial charge is 0.466 e. The van der Waals surface area contributed by atoms with Crippen molar-refractivity contribution in [3.63, 3.8) is 0 Å². The third-order valence-corrected chi connectivity index (χ3v) is 9.23. The highest BCUT2D eigenvalue weighted by molar-refractivity contribution is 6.62. The van der Waals surface area contributed by atoms with Gasteiger partial charge in [0.25, 0.3) is 0 Å². The summed E-state index contributed by atoms with van der Waals surface area (Å²) in [5.74, 6) is 0.0767. The Morgan fingerprint density at radius 2 is 1.88 bits per heavy atom. The number of carbonyl (C=O) groups is 1. The highest BCUT2D eigenvalue weighted by atomic mass is 28.3. The SMILES string of the molecule is CCOC(=O)C(C)C(C)(C)[SiH]1CCCCC1. The average molecular weight is 242 g/mol. The Morgan fingerprint density at radius 3 is 2.38 bits per heavy atom. The van der Waals surface area contributed by atoms with Crippen molar-refractivity contribution in [2.24, 2.45) is 5.92 Å². The third-order valence-electron chi connectivity index (χ3n) is 4.41. The second-order valence-corrected chi connectivity index (χ2v) is 9.67. The van der Waals surface area contributed by atoms with Gasteiger partial charge >= 0.3 is 5.97 Å². The molecule has 0 aliphatic carbocycles. The molecule has 0 aromatic carbocycles. The lowest BCUT2D eigenvalue weighted by atomic mass is 9.97. The van der Waals surface area contributed by atoms with Gasteiger partial charge in [0, 0.05) is 8.80 Å². The smallest absolute Gasteiger partial charge is 0.308 e. The maximum Gasteiger partial charge on any atom is 0.308 e. The molecule has 1 aliphatic rings. The van der Waals surface area contributed by atoms with E-state index in [1.165, 1.54) is 31.4 Å². The summed E-state index contributed by atoms with van der Waals surface area (Å²) in [6.45, 7) is 9.02. The van der Waals surface area contributed by atoms with Gasteiger partial charge in [-0.1, -0.05) is 52.1 Å². The van der Waals surface area contributed by atoms with E-state index in [1.54, 1.807) is 0 Å². The molecule has 0 saturated carbocycles. The van der Waals surface area contributed by atoms with E-state index in [1.807, 2.05) is 6.92 Å². The van der Waals surface area contributed by atoms with Crippen LogP contribution in [0, 0.1) is 5.92 Å². The van der Waals surface area contributed by atoms with Gasteiger partial charge in [-0.2, -0.15) is 0 Å². The van der Waals surface area contributed by atoms with Crippen LogP contribution in [0.2, 0.25) is 17.1 Å². The van der Waals surface area contributed by atoms with Crippen molar-refractivity contribution in [1.29, 1.82) is 0 Å². The van der Waals surface area contributed by atoms with Crippen LogP contribution in [0.15, 0.2) is 0 Å². The topological polar surface area (TPSA) is 26.3 Å². The predicted molar refractivity (Wildman–Crippen MR) is 70.5 cm³/mol. The van der Waals surface area contributed by atoms with Gasteiger partial charge in [0.05, 0.1) is 12.5 Å². The quantitative estimate of drug-likeness (QED) is 0.558. The first-order valence-corrected chi connectivity index (χ1v) is 8.87. The van der Waals surface area contributed by atoms with Crippen molar-refractivity contribution in [2.75, 3.05) is 6.61 Å². The number of esters is 1. The van der Waals surface area contributed by atoms with Gasteiger partial charge in [-0.3, -0.25) is 4.79 Å². The molecule has 0 amide bonds. The third kappa shape index (κ3) is 3.09. The minimum absolute atomic E-state index is 0.00516. The first-order valence-electron chi connectivity index (χ1n) is 6.66. The van der Waals surface area contributed by atoms with Crippen LogP contribution in [0.1, 0.15) is 47.0 Å². The van der Waals surface area contributed by atoms with Crippen molar-refractivity contribution < 1.29 is 9.53 Å². The molecule has 94 valence electrons. The van der Waals surface area contributed by atoms with Gasteiger partial charge in [-0.15, -0.1) is 0 Å². The maximum absolute atomic E-state index is 11.8. The Kier molecular flexibility index (Phi) is 5.03. The lowest BCUT2D eigenvalue weighted by Crippen LogP contribution is -2.38. The summed E-state index contributed by atoms with van der Waals surface area (Å²) in [5.41, 5.74) is 0. The summed E-state index contributed by atoms with van der Waals surface area (Å²) >= 11 is 0. The fourth-order valence-corrected chi connectivity index (χ4v) is 6.95. The number of ether oxygens (including phenoxy) is 1. The number of rotatable bonds is 4. The lowest BCUT2D eigenvalue weighted by molar-refractivity contribution is -0.148. The molecule has 3 heteroatoms. The number of carbonyl (C=O) groups excluding carboxylic acids is 1. The predicted octanol–water partition coefficient (Wildman–Crippen LogP) is 3.38. The van der Waals surface area contributed by atoms with Crippen molar-refractivity contribution >= 4 is 14.8 Å². The first-order chi connectivity index (χ1) is 7.50. The van der Waals surface area contributed by atoms with E-state index >= 15 is 0 Å². The van der Waals surface area contributed by atoms with E-state index in [4.69, 9.17) is 4.74 Å². The van der Waals surface area contributed by atoms with Crippen LogP contribution >= 0.6 is 0 Å². The molecule has 1 rings (SSSR count). The Balaban J connectivity index is 2.63. The standard InChI is InChI=1S/C13H26O2Si/c1-5-15-12(14)11(2)13(3,4)16-9-7-6-8-10-16/h11,16H,5-10H2,1-4H3. The highest BCUT2D eigenvalue weighted by Crippen LogP contribution is 2.44. The molecule has 1 unspecified atom stereocenters. The van der Waals surface area contributed by atoms with Crippen molar-refractivity contribution in [2.45, 2.75) is 64.1 Å². The van der Waals surface area contributed by atoms with Gasteiger partial charge < -0.3 is 4.74 Å². The van der Waals surface area contributed by atoms with E-state index < -0.39 is 8.80 Å². The maximum atomic E-state index is 11.8. The minimum Gasteiger partial charge on any atom is -0.466 e. The Labute approximate surface area is 101 Å². The fraction of sp³-hybridized carbons (Fsp3) is 0.923. The van der Waals surface area contributed by atoms with E-state index in [0.717, 1.165) is 0 Å². The molecule has 1 heterocycles. The van der Waals surface area contributed by atoms with Crippen LogP contribution in [0.5, 0.6) is 0 Å². The van der Waals surface area contributed by atoms with Gasteiger partial charge in [0.2, 0.25) is 0 Å². The van der Waals surface area contributed by atoms with Crippen molar-refractivity contribution in [3.8, 4) is 0 Å². The molecule has 1 fully saturated rings. The van der Waals surface area contributed by atoms with Crippen molar-refractivity contribution in [1.82, 2.24) is 0 Å². The Morgan fingerprint density at radius 1 is 1.31 bits per heavy atom. The van der Waals surface area contributed by atoms with Crippen LogP contribution in [0.4, 0.5) is 0 Å². The second kappa shape index (κ2) is 5.85. The minimum atomic E-state index is -0.775. The first kappa shape index (κ1) is 13.8. The molecule has 0 N–H and O–H groups in total. The van der Waals surface area contributed by atoms with E-state index in [2.05, 4.69) is 20.8 Å². The molecule has 1 aliphatic heterocycles. The molecule has 0 radical (unpaired) electrons. The molecule has 0 aromatic rings. The zero-order valence-electron chi connectivity index (χ0n) is 11.2. The molecule has 0 bridgehead atoms. The van der Waals surface area contributed by atoms with E-state index in [-0.39, 0.29) is 16.9 Å². The summed E-state index contributed by atoms with van der Waals surface area (Å²) in [5, 5.41) is 0.215. The summed E-state index contributed by atoms with van der Waals surface area (Å²) in [4.78, 5) is 11.8. The van der Waals surface area contributed by atoms with Crippen LogP contribution in [-0.4, -0.2) is 21.4 Å². The molecular formula is C13H26O2Si. The number of hydrogen-bond acceptors (Lipinski definition) is 2. The van der Waals surface area contributed by atoms with Crippen LogP contribution in [-0.2, 0) is 9.53 Å². The summed E-state index contributed by atoms with van der Waals surface area (Å²) in [6.07, 6.45) is 4.17. The zero-order valence-corrected chi connectivity index (χ0v) is 12.4. The normalized spacial score (nSPS) is 20.5. The monoisotopic (exact) mass is 242 g/mol. The fourth-order valence-electron chi connectivity index (χ4n) is 2.77. The van der Waals surface area contributed by atoms with Crippen LogP contribution in [0.3, 0.4) is 0 Å². The van der Waals surface area contributed by atoms with E-state index in [9.17, 15) is 4.79 Å². The molecule has 1 atom stereocenters. The molecule has 1 saturated heterocycles. The van der Waals surface area contributed by atoms with Crippen LogP contribution < -0.4 is 0 Å². The second-order valence-electron chi connectivity index (χ2n) is 5.63. The Hall–Kier alpha value is -0.313. The summed E-state index contributed by atoms with van der Waals surface area (Å²) < 4.78 is 5.16. The van der Waals surface area contributed by atoms with Gasteiger partial charge in [-0.25, -0.2) is 0 Å². The Bertz CT molecular complexity index is 232. The molecule has 0 aromatic heterocycles. The van der Waals surface area contributed by atoms with Crippen molar-refractivity contribution in [3.05, 3.63) is 0 Å². The van der Waals surface area contributed by atoms with Gasteiger partial charge in [0.1, 0.15) is 0 Å². The lowest BCUT2D eigenvalue weighted by Gasteiger charge is -2.39.